The second-order valence-corrected chi connectivity index (χ2v) is 12.9. The molecule has 0 unspecified atom stereocenters. The number of aliphatic imine (C=N–C) groups is 1. The first-order chi connectivity index (χ1) is 21.8. The molecule has 4 N–H and O–H groups in total. The van der Waals surface area contributed by atoms with E-state index < -0.39 is 17.5 Å². The van der Waals surface area contributed by atoms with Gasteiger partial charge in [0.1, 0.15) is 23.0 Å². The summed E-state index contributed by atoms with van der Waals surface area (Å²) in [6, 6.07) is 11.5. The van der Waals surface area contributed by atoms with Crippen LogP contribution < -0.4 is 21.1 Å². The molecule has 0 aliphatic heterocycles. The van der Waals surface area contributed by atoms with Gasteiger partial charge in [0.2, 0.25) is 0 Å². The maximum Gasteiger partial charge on any atom is 0.407 e. The van der Waals surface area contributed by atoms with Gasteiger partial charge in [-0.15, -0.1) is 0 Å². The van der Waals surface area contributed by atoms with E-state index in [1.807, 2.05) is 52.1 Å². The molecule has 0 spiro atoms. The predicted molar refractivity (Wildman–Crippen MR) is 178 cm³/mol. The number of anilines is 1. The molecule has 5 rings (SSSR count). The van der Waals surface area contributed by atoms with Crippen molar-refractivity contribution in [2.24, 2.45) is 10.7 Å². The van der Waals surface area contributed by atoms with Crippen LogP contribution in [0.3, 0.4) is 0 Å². The summed E-state index contributed by atoms with van der Waals surface area (Å²) < 4.78 is 26.5. The van der Waals surface area contributed by atoms with Crippen LogP contribution in [-0.2, 0) is 9.53 Å². The topological polar surface area (TPSA) is 132 Å². The van der Waals surface area contributed by atoms with E-state index in [1.165, 1.54) is 25.1 Å². The minimum atomic E-state index is -0.567. The number of hydrogen-bond acceptors (Lipinski definition) is 7. The van der Waals surface area contributed by atoms with Crippen LogP contribution in [0.4, 0.5) is 20.6 Å². The van der Waals surface area contributed by atoms with Gasteiger partial charge >= 0.3 is 12.1 Å². The lowest BCUT2D eigenvalue weighted by atomic mass is 9.91. The molecule has 0 saturated heterocycles. The average Bonchev–Trinajstić information content (AvgIpc) is 3.39. The van der Waals surface area contributed by atoms with Gasteiger partial charge in [-0.3, -0.25) is 4.79 Å². The number of fused-ring (bicyclic) bond motifs is 1. The smallest absolute Gasteiger partial charge is 0.407 e. The Kier molecular flexibility index (Phi) is 9.52. The van der Waals surface area contributed by atoms with Crippen molar-refractivity contribution < 1.29 is 23.5 Å². The van der Waals surface area contributed by atoms with Crippen molar-refractivity contribution in [3.8, 4) is 16.9 Å². The summed E-state index contributed by atoms with van der Waals surface area (Å²) in [5.74, 6) is -0.277. The standard InChI is InChI=1S/C34H38ClFN6O4/c1-19-14-25(45-20(2)43)11-12-26(19)21-15-30-31(39-23-7-9-24(10-8-23)40-33(44)46-34(3,4)5)27(17-38-42(30)18-21)32(37)41-29-16-22(36)6-13-28(29)35/h6,11-18,23-24,39H,7-10H2,1-5H3,(H2,37,41)(H,40,44). The SMILES string of the molecule is CC(=O)Oc1ccc(-c2cc3c(NC4CCC(NC(=O)OC(C)(C)C)CC4)c(C(N)=Nc4cc(F)ccc4Cl)cnn3c2)c(C)c1. The molecule has 46 heavy (non-hydrogen) atoms. The van der Waals surface area contributed by atoms with Crippen LogP contribution in [0.5, 0.6) is 5.75 Å². The lowest BCUT2D eigenvalue weighted by molar-refractivity contribution is -0.131. The number of alkyl carbamates (subject to hydrolysis) is 1. The molecular weight excluding hydrogens is 611 g/mol. The highest BCUT2D eigenvalue weighted by Gasteiger charge is 2.26. The minimum absolute atomic E-state index is 0.00408. The average molecular weight is 649 g/mol. The van der Waals surface area contributed by atoms with Crippen molar-refractivity contribution in [1.29, 1.82) is 0 Å². The van der Waals surface area contributed by atoms with E-state index in [-0.39, 0.29) is 34.6 Å². The maximum absolute atomic E-state index is 14.0. The number of carbonyl (C=O) groups excluding carboxylic acids is 2. The highest BCUT2D eigenvalue weighted by molar-refractivity contribution is 6.33. The number of aromatic nitrogens is 2. The molecule has 0 atom stereocenters. The zero-order valence-electron chi connectivity index (χ0n) is 26.5. The molecule has 0 radical (unpaired) electrons. The molecule has 1 amide bonds. The Morgan fingerprint density at radius 3 is 2.48 bits per heavy atom. The first-order valence-electron chi connectivity index (χ1n) is 15.1. The molecule has 2 aromatic carbocycles. The van der Waals surface area contributed by atoms with Gasteiger partial charge in [0.25, 0.3) is 0 Å². The Labute approximate surface area is 272 Å². The lowest BCUT2D eigenvalue weighted by Crippen LogP contribution is -2.42. The van der Waals surface area contributed by atoms with Gasteiger partial charge in [0.15, 0.2) is 0 Å². The van der Waals surface area contributed by atoms with Crippen LogP contribution in [0.2, 0.25) is 5.02 Å². The monoisotopic (exact) mass is 648 g/mol. The molecule has 1 fully saturated rings. The minimum Gasteiger partial charge on any atom is -0.444 e. The van der Waals surface area contributed by atoms with Gasteiger partial charge in [-0.25, -0.2) is 18.7 Å². The number of hydrogen-bond donors (Lipinski definition) is 3. The molecule has 10 nitrogen and oxygen atoms in total. The van der Waals surface area contributed by atoms with Crippen LogP contribution >= 0.6 is 11.6 Å². The fourth-order valence-electron chi connectivity index (χ4n) is 5.56. The summed E-state index contributed by atoms with van der Waals surface area (Å²) >= 11 is 6.30. The molecule has 4 aromatic rings. The van der Waals surface area contributed by atoms with Crippen molar-refractivity contribution in [3.05, 3.63) is 76.8 Å². The van der Waals surface area contributed by atoms with Gasteiger partial charge in [-0.05, 0) is 94.8 Å². The van der Waals surface area contributed by atoms with Crippen LogP contribution in [-0.4, -0.2) is 45.2 Å². The summed E-state index contributed by atoms with van der Waals surface area (Å²) in [6.45, 7) is 8.82. The summed E-state index contributed by atoms with van der Waals surface area (Å²) in [5, 5.41) is 11.5. The van der Waals surface area contributed by atoms with Gasteiger partial charge in [0, 0.05) is 36.8 Å². The van der Waals surface area contributed by atoms with E-state index in [0.717, 1.165) is 47.9 Å². The van der Waals surface area contributed by atoms with Crippen molar-refractivity contribution in [2.75, 3.05) is 5.32 Å². The molecule has 2 aromatic heterocycles. The molecule has 242 valence electrons. The summed E-state index contributed by atoms with van der Waals surface area (Å²) in [6.07, 6.45) is 6.20. The van der Waals surface area contributed by atoms with Gasteiger partial charge < -0.3 is 25.8 Å². The Balaban J connectivity index is 1.47. The molecule has 1 aliphatic carbocycles. The van der Waals surface area contributed by atoms with Crippen LogP contribution in [0.15, 0.2) is 59.9 Å². The van der Waals surface area contributed by atoms with Crippen LogP contribution in [0, 0.1) is 12.7 Å². The van der Waals surface area contributed by atoms with Crippen molar-refractivity contribution in [2.45, 2.75) is 78.0 Å². The highest BCUT2D eigenvalue weighted by Crippen LogP contribution is 2.34. The summed E-state index contributed by atoms with van der Waals surface area (Å²) in [5.41, 5.74) is 10.9. The third-order valence-corrected chi connectivity index (χ3v) is 7.95. The number of esters is 1. The number of amides is 1. The van der Waals surface area contributed by atoms with E-state index in [9.17, 15) is 14.0 Å². The third-order valence-electron chi connectivity index (χ3n) is 7.63. The number of rotatable bonds is 7. The van der Waals surface area contributed by atoms with E-state index >= 15 is 0 Å². The molecule has 0 bridgehead atoms. The number of nitrogens with zero attached hydrogens (tertiary/aromatic N) is 3. The van der Waals surface area contributed by atoms with E-state index in [4.69, 9.17) is 26.8 Å². The largest absolute Gasteiger partial charge is 0.444 e. The second kappa shape index (κ2) is 13.4. The fraction of sp³-hybridized carbons (Fsp3) is 0.353. The highest BCUT2D eigenvalue weighted by atomic mass is 35.5. The molecule has 1 saturated carbocycles. The number of aryl methyl sites for hydroxylation is 1. The quantitative estimate of drug-likeness (QED) is 0.0828. The number of benzene rings is 2. The zero-order chi connectivity index (χ0) is 33.2. The molecule has 1 aliphatic rings. The zero-order valence-corrected chi connectivity index (χ0v) is 27.2. The fourth-order valence-corrected chi connectivity index (χ4v) is 5.72. The van der Waals surface area contributed by atoms with Crippen molar-refractivity contribution in [3.63, 3.8) is 0 Å². The third kappa shape index (κ3) is 7.95. The normalized spacial score (nSPS) is 17.1. The maximum atomic E-state index is 14.0. The first kappa shape index (κ1) is 32.7. The molecule has 12 heteroatoms. The summed E-state index contributed by atoms with van der Waals surface area (Å²) in [7, 11) is 0. The lowest BCUT2D eigenvalue weighted by Gasteiger charge is -2.31. The Bertz CT molecular complexity index is 1810. The molecule has 2 heterocycles. The van der Waals surface area contributed by atoms with Gasteiger partial charge in [-0.2, -0.15) is 5.10 Å². The Morgan fingerprint density at radius 1 is 1.09 bits per heavy atom. The van der Waals surface area contributed by atoms with E-state index in [0.29, 0.717) is 17.0 Å². The van der Waals surface area contributed by atoms with Crippen LogP contribution in [0.25, 0.3) is 16.6 Å². The van der Waals surface area contributed by atoms with Crippen molar-refractivity contribution in [1.82, 2.24) is 14.9 Å². The Hall–Kier alpha value is -4.64. The molecular formula is C34H38ClFN6O4. The van der Waals surface area contributed by atoms with Crippen molar-refractivity contribution >= 4 is 46.4 Å². The number of nitrogens with two attached hydrogens (primary N) is 1. The number of carbonyl (C=O) groups is 2. The number of ether oxygens (including phenoxy) is 2. The van der Waals surface area contributed by atoms with E-state index in [1.54, 1.807) is 16.8 Å². The Morgan fingerprint density at radius 2 is 1.80 bits per heavy atom. The number of amidine groups is 1. The van der Waals surface area contributed by atoms with Gasteiger partial charge in [-0.1, -0.05) is 17.7 Å². The predicted octanol–water partition coefficient (Wildman–Crippen LogP) is 7.31. The first-order valence-corrected chi connectivity index (χ1v) is 15.5. The number of nitrogens with one attached hydrogen (secondary N) is 2. The van der Waals surface area contributed by atoms with E-state index in [2.05, 4.69) is 20.7 Å². The van der Waals surface area contributed by atoms with Crippen LogP contribution in [0.1, 0.15) is 64.5 Å². The second-order valence-electron chi connectivity index (χ2n) is 12.5. The number of halogens is 2. The van der Waals surface area contributed by atoms with Gasteiger partial charge in [0.05, 0.1) is 33.7 Å². The summed E-state index contributed by atoms with van der Waals surface area (Å²) in [4.78, 5) is 28.2.